The number of alkyl carbamates (subject to hydrolysis) is 1. The van der Waals surface area contributed by atoms with E-state index in [0.29, 0.717) is 18.4 Å². The van der Waals surface area contributed by atoms with Gasteiger partial charge in [-0.2, -0.15) is 0 Å². The molecule has 3 aliphatic carbocycles. The average Bonchev–Trinajstić information content (AvgIpc) is 3.40. The van der Waals surface area contributed by atoms with Gasteiger partial charge in [-0.25, -0.2) is 4.79 Å². The monoisotopic (exact) mass is 482 g/mol. The standard InChI is InChI=1S/C27H39BN2O5/c1-25(2,3)33-24(32)29-21(17-11-8-7-9-12-17)23(31)30-14-10-13-20(30)28-34-22-19-15-18(26(19,4)5)16-27(22,6)35-28/h7-9,11-12,18-22H,10,13-16H2,1-6H3,(H,29,32)/t18-,19+,20+,21+,22-,27+/m1/s1. The second-order valence-electron chi connectivity index (χ2n) is 12.7. The van der Waals surface area contributed by atoms with Crippen LogP contribution in [0.5, 0.6) is 0 Å². The lowest BCUT2D eigenvalue weighted by atomic mass is 9.45. The van der Waals surface area contributed by atoms with Crippen molar-refractivity contribution in [1.29, 1.82) is 0 Å². The molecule has 0 aromatic heterocycles. The first-order valence-electron chi connectivity index (χ1n) is 13.1. The minimum atomic E-state index is -0.835. The number of nitrogens with one attached hydrogen (secondary N) is 1. The molecule has 190 valence electrons. The summed E-state index contributed by atoms with van der Waals surface area (Å²) in [5, 5.41) is 2.83. The van der Waals surface area contributed by atoms with E-state index < -0.39 is 24.9 Å². The lowest BCUT2D eigenvalue weighted by molar-refractivity contribution is -0.185. The molecule has 0 unspecified atom stereocenters. The van der Waals surface area contributed by atoms with Crippen LogP contribution >= 0.6 is 0 Å². The molecule has 8 heteroatoms. The van der Waals surface area contributed by atoms with E-state index in [1.165, 1.54) is 6.42 Å². The molecule has 5 aliphatic rings. The highest BCUT2D eigenvalue weighted by Crippen LogP contribution is 2.64. The van der Waals surface area contributed by atoms with Crippen LogP contribution in [0.4, 0.5) is 4.79 Å². The number of nitrogens with zero attached hydrogens (tertiary/aromatic N) is 1. The van der Waals surface area contributed by atoms with E-state index >= 15 is 0 Å². The van der Waals surface area contributed by atoms with E-state index in [0.717, 1.165) is 24.8 Å². The molecule has 0 radical (unpaired) electrons. The molecule has 5 fully saturated rings. The van der Waals surface area contributed by atoms with Crippen LogP contribution in [0.2, 0.25) is 0 Å². The van der Waals surface area contributed by atoms with Gasteiger partial charge in [0.25, 0.3) is 0 Å². The van der Waals surface area contributed by atoms with Crippen LogP contribution in [0.3, 0.4) is 0 Å². The smallest absolute Gasteiger partial charge is 0.444 e. The second kappa shape index (κ2) is 8.51. The zero-order chi connectivity index (χ0) is 25.2. The van der Waals surface area contributed by atoms with Crippen molar-refractivity contribution < 1.29 is 23.6 Å². The van der Waals surface area contributed by atoms with Gasteiger partial charge in [-0.05, 0) is 76.2 Å². The number of hydrogen-bond acceptors (Lipinski definition) is 5. The summed E-state index contributed by atoms with van der Waals surface area (Å²) in [4.78, 5) is 28.4. The molecule has 3 saturated carbocycles. The van der Waals surface area contributed by atoms with E-state index in [1.54, 1.807) is 0 Å². The Morgan fingerprint density at radius 3 is 2.57 bits per heavy atom. The molecule has 1 aromatic rings. The summed E-state index contributed by atoms with van der Waals surface area (Å²) in [6.07, 6.45) is 3.37. The first kappa shape index (κ1) is 24.6. The zero-order valence-corrected chi connectivity index (χ0v) is 21.9. The van der Waals surface area contributed by atoms with Crippen LogP contribution in [-0.4, -0.2) is 53.8 Å². The first-order valence-corrected chi connectivity index (χ1v) is 13.1. The quantitative estimate of drug-likeness (QED) is 0.639. The van der Waals surface area contributed by atoms with Crippen LogP contribution in [-0.2, 0) is 18.8 Å². The summed E-state index contributed by atoms with van der Waals surface area (Å²) >= 11 is 0. The van der Waals surface area contributed by atoms with Gasteiger partial charge in [0.2, 0.25) is 5.91 Å². The average molecular weight is 482 g/mol. The Bertz CT molecular complexity index is 980. The topological polar surface area (TPSA) is 77.1 Å². The number of carbonyl (C=O) groups excluding carboxylic acids is 2. The highest BCUT2D eigenvalue weighted by molar-refractivity contribution is 6.48. The summed E-state index contributed by atoms with van der Waals surface area (Å²) in [6, 6.07) is 8.52. The number of amides is 2. The van der Waals surface area contributed by atoms with E-state index in [2.05, 4.69) is 26.1 Å². The van der Waals surface area contributed by atoms with Crippen LogP contribution in [0, 0.1) is 17.3 Å². The third kappa shape index (κ3) is 4.37. The van der Waals surface area contributed by atoms with Crippen LogP contribution in [0.1, 0.15) is 78.8 Å². The van der Waals surface area contributed by atoms with Crippen LogP contribution < -0.4 is 5.32 Å². The number of hydrogen-bond donors (Lipinski definition) is 1. The number of rotatable bonds is 4. The summed E-state index contributed by atoms with van der Waals surface area (Å²) < 4.78 is 18.7. The minimum Gasteiger partial charge on any atom is -0.444 e. The highest BCUT2D eigenvalue weighted by Gasteiger charge is 2.68. The zero-order valence-electron chi connectivity index (χ0n) is 21.9. The Labute approximate surface area is 209 Å². The predicted octanol–water partition coefficient (Wildman–Crippen LogP) is 4.51. The lowest BCUT2D eigenvalue weighted by Crippen LogP contribution is -2.63. The number of carbonyl (C=O) groups is 2. The maximum absolute atomic E-state index is 13.9. The highest BCUT2D eigenvalue weighted by atomic mass is 16.7. The van der Waals surface area contributed by atoms with Crippen molar-refractivity contribution in [3.05, 3.63) is 35.9 Å². The van der Waals surface area contributed by atoms with Crippen molar-refractivity contribution in [3.63, 3.8) is 0 Å². The first-order chi connectivity index (χ1) is 16.4. The SMILES string of the molecule is CC(C)(C)OC(=O)N[C@H](C(=O)N1CCC[C@H]1B1O[C@@H]2[C@@H]3C[C@H](C[C@]2(C)O1)C3(C)C)c1ccccc1. The fourth-order valence-corrected chi connectivity index (χ4v) is 6.78. The van der Waals surface area contributed by atoms with Crippen molar-refractivity contribution >= 4 is 19.1 Å². The van der Waals surface area contributed by atoms with Crippen molar-refractivity contribution in [2.75, 3.05) is 6.54 Å². The Morgan fingerprint density at radius 1 is 1.20 bits per heavy atom. The molecule has 35 heavy (non-hydrogen) atoms. The second-order valence-corrected chi connectivity index (χ2v) is 12.7. The molecule has 2 aliphatic heterocycles. The third-order valence-corrected chi connectivity index (χ3v) is 8.77. The van der Waals surface area contributed by atoms with E-state index in [4.69, 9.17) is 14.0 Å². The number of benzene rings is 1. The van der Waals surface area contributed by atoms with Gasteiger partial charge in [-0.15, -0.1) is 0 Å². The van der Waals surface area contributed by atoms with Crippen molar-refractivity contribution in [2.45, 2.75) is 96.5 Å². The van der Waals surface area contributed by atoms with E-state index in [-0.39, 0.29) is 29.0 Å². The van der Waals surface area contributed by atoms with Crippen molar-refractivity contribution in [3.8, 4) is 0 Å². The minimum absolute atomic E-state index is 0.0647. The molecule has 2 amide bonds. The summed E-state index contributed by atoms with van der Waals surface area (Å²) in [7, 11) is -0.440. The van der Waals surface area contributed by atoms with Gasteiger partial charge in [0, 0.05) is 6.54 Å². The molecular weight excluding hydrogens is 443 g/mol. The Balaban J connectivity index is 1.35. The van der Waals surface area contributed by atoms with Crippen molar-refractivity contribution in [1.82, 2.24) is 10.2 Å². The number of ether oxygens (including phenoxy) is 1. The fourth-order valence-electron chi connectivity index (χ4n) is 6.78. The summed E-state index contributed by atoms with van der Waals surface area (Å²) in [6.45, 7) is 12.9. The summed E-state index contributed by atoms with van der Waals surface area (Å²) in [5.41, 5.74) is 0.0589. The fraction of sp³-hybridized carbons (Fsp3) is 0.704. The summed E-state index contributed by atoms with van der Waals surface area (Å²) in [5.74, 6) is 0.837. The Hall–Kier alpha value is -2.06. The molecule has 6 rings (SSSR count). The largest absolute Gasteiger partial charge is 0.481 e. The van der Waals surface area contributed by atoms with Crippen LogP contribution in [0.25, 0.3) is 0 Å². The van der Waals surface area contributed by atoms with Crippen molar-refractivity contribution in [2.24, 2.45) is 17.3 Å². The molecule has 7 nitrogen and oxygen atoms in total. The normalized spacial score (nSPS) is 34.1. The molecule has 2 heterocycles. The Kier molecular flexibility index (Phi) is 5.99. The van der Waals surface area contributed by atoms with Gasteiger partial charge in [0.15, 0.2) is 0 Å². The maximum atomic E-state index is 13.9. The number of likely N-dealkylation sites (tertiary alicyclic amines) is 1. The Morgan fingerprint density at radius 2 is 1.91 bits per heavy atom. The van der Waals surface area contributed by atoms with E-state index in [1.807, 2.05) is 56.0 Å². The van der Waals surface area contributed by atoms with Gasteiger partial charge in [-0.1, -0.05) is 44.2 Å². The van der Waals surface area contributed by atoms with Gasteiger partial charge in [0.05, 0.1) is 17.6 Å². The molecule has 0 spiro atoms. The predicted molar refractivity (Wildman–Crippen MR) is 133 cm³/mol. The molecular formula is C27H39BN2O5. The van der Waals surface area contributed by atoms with Gasteiger partial charge < -0.3 is 24.3 Å². The molecule has 2 saturated heterocycles. The molecule has 6 atom stereocenters. The maximum Gasteiger partial charge on any atom is 0.481 e. The van der Waals surface area contributed by atoms with Gasteiger partial charge >= 0.3 is 13.2 Å². The third-order valence-electron chi connectivity index (χ3n) is 8.77. The molecule has 2 bridgehead atoms. The molecule has 1 aromatic carbocycles. The lowest BCUT2D eigenvalue weighted by Gasteiger charge is -2.63. The van der Waals surface area contributed by atoms with Gasteiger partial charge in [0.1, 0.15) is 11.6 Å². The van der Waals surface area contributed by atoms with E-state index in [9.17, 15) is 9.59 Å². The van der Waals surface area contributed by atoms with Crippen LogP contribution in [0.15, 0.2) is 30.3 Å². The molecule has 1 N–H and O–H groups in total. The van der Waals surface area contributed by atoms with Gasteiger partial charge in [-0.3, -0.25) is 4.79 Å².